The van der Waals surface area contributed by atoms with E-state index in [2.05, 4.69) is 26.0 Å². The Morgan fingerprint density at radius 1 is 0.912 bits per heavy atom. The maximum Gasteiger partial charge on any atom is 0.253 e. The fourth-order valence-electron chi connectivity index (χ4n) is 4.92. The average molecular weight is 485 g/mol. The molecule has 6 nitrogen and oxygen atoms in total. The molecule has 2 aliphatic rings. The van der Waals surface area contributed by atoms with Crippen molar-refractivity contribution in [3.63, 3.8) is 0 Å². The van der Waals surface area contributed by atoms with Gasteiger partial charge in [-0.2, -0.15) is 4.31 Å². The van der Waals surface area contributed by atoms with Crippen LogP contribution in [0, 0.1) is 13.8 Å². The molecule has 1 saturated heterocycles. The molecule has 1 aliphatic heterocycles. The van der Waals surface area contributed by atoms with E-state index in [0.717, 1.165) is 44.3 Å². The molecule has 34 heavy (non-hydrogen) atoms. The maximum absolute atomic E-state index is 13.1. The zero-order valence-electron chi connectivity index (χ0n) is 20.5. The lowest BCUT2D eigenvalue weighted by molar-refractivity contribution is 0.0595. The van der Waals surface area contributed by atoms with Crippen molar-refractivity contribution in [1.82, 2.24) is 9.21 Å². The highest BCUT2D eigenvalue weighted by Gasteiger charge is 2.30. The molecule has 1 aliphatic carbocycles. The second kappa shape index (κ2) is 10.5. The molecule has 0 N–H and O–H groups in total. The van der Waals surface area contributed by atoms with Crippen molar-refractivity contribution in [1.29, 1.82) is 0 Å². The topological polar surface area (TPSA) is 66.9 Å². The van der Waals surface area contributed by atoms with E-state index in [1.165, 1.54) is 21.9 Å². The average Bonchev–Trinajstić information content (AvgIpc) is 2.86. The van der Waals surface area contributed by atoms with E-state index in [1.807, 2.05) is 11.0 Å². The quantitative estimate of drug-likeness (QED) is 0.582. The van der Waals surface area contributed by atoms with E-state index in [9.17, 15) is 13.2 Å². The molecule has 184 valence electrons. The van der Waals surface area contributed by atoms with Crippen molar-refractivity contribution >= 4 is 15.9 Å². The Labute approximate surface area is 204 Å². The molecule has 0 aromatic heterocycles. The summed E-state index contributed by atoms with van der Waals surface area (Å²) in [6.45, 7) is 5.41. The first kappa shape index (κ1) is 24.7. The summed E-state index contributed by atoms with van der Waals surface area (Å²) < 4.78 is 33.8. The summed E-state index contributed by atoms with van der Waals surface area (Å²) in [6.07, 6.45) is 6.79. The van der Waals surface area contributed by atoms with Crippen molar-refractivity contribution in [2.24, 2.45) is 0 Å². The van der Waals surface area contributed by atoms with Gasteiger partial charge in [0, 0.05) is 44.6 Å². The van der Waals surface area contributed by atoms with Crippen LogP contribution in [0.25, 0.3) is 0 Å². The molecule has 0 atom stereocenters. The summed E-state index contributed by atoms with van der Waals surface area (Å²) in [6, 6.07) is 12.6. The third-order valence-corrected chi connectivity index (χ3v) is 9.30. The summed E-state index contributed by atoms with van der Waals surface area (Å²) in [7, 11) is -1.88. The van der Waals surface area contributed by atoms with Gasteiger partial charge in [0.05, 0.1) is 4.90 Å². The predicted octanol–water partition coefficient (Wildman–Crippen LogP) is 4.94. The molecular weight excluding hydrogens is 448 g/mol. The molecule has 2 aromatic carbocycles. The number of ether oxygens (including phenoxy) is 1. The van der Waals surface area contributed by atoms with Crippen LogP contribution in [0.5, 0.6) is 5.75 Å². The third kappa shape index (κ3) is 5.47. The Balaban J connectivity index is 1.34. The fraction of sp³-hybridized carbons (Fsp3) is 0.519. The van der Waals surface area contributed by atoms with Gasteiger partial charge in [-0.3, -0.25) is 4.79 Å². The molecule has 0 spiro atoms. The number of hydrogen-bond donors (Lipinski definition) is 0. The van der Waals surface area contributed by atoms with E-state index in [4.69, 9.17) is 4.74 Å². The first-order valence-electron chi connectivity index (χ1n) is 12.4. The number of hydrogen-bond acceptors (Lipinski definition) is 4. The van der Waals surface area contributed by atoms with Crippen molar-refractivity contribution in [2.75, 3.05) is 20.1 Å². The number of benzene rings is 2. The van der Waals surface area contributed by atoms with Gasteiger partial charge < -0.3 is 9.64 Å². The lowest BCUT2D eigenvalue weighted by atomic mass is 9.96. The van der Waals surface area contributed by atoms with Crippen LogP contribution in [0.3, 0.4) is 0 Å². The van der Waals surface area contributed by atoms with Crippen molar-refractivity contribution in [3.05, 3.63) is 59.2 Å². The van der Waals surface area contributed by atoms with Crippen LogP contribution in [0.1, 0.15) is 66.4 Å². The number of sulfonamides is 1. The second-order valence-corrected chi connectivity index (χ2v) is 11.7. The summed E-state index contributed by atoms with van der Waals surface area (Å²) in [5, 5.41) is 0. The molecule has 1 saturated carbocycles. The largest absolute Gasteiger partial charge is 0.490 e. The number of nitrogens with zero attached hydrogens (tertiary/aromatic N) is 2. The number of carbonyl (C=O) groups excluding carboxylic acids is 1. The Hall–Kier alpha value is -2.38. The van der Waals surface area contributed by atoms with E-state index < -0.39 is 10.0 Å². The highest BCUT2D eigenvalue weighted by molar-refractivity contribution is 7.89. The van der Waals surface area contributed by atoms with Crippen LogP contribution in [0.15, 0.2) is 47.4 Å². The number of piperidine rings is 1. The minimum Gasteiger partial charge on any atom is -0.490 e. The van der Waals surface area contributed by atoms with Gasteiger partial charge in [-0.1, -0.05) is 25.3 Å². The van der Waals surface area contributed by atoms with Crippen LogP contribution >= 0.6 is 0 Å². The monoisotopic (exact) mass is 484 g/mol. The van der Waals surface area contributed by atoms with Crippen LogP contribution in [0.4, 0.5) is 0 Å². The fourth-order valence-corrected chi connectivity index (χ4v) is 6.33. The molecule has 2 fully saturated rings. The summed E-state index contributed by atoms with van der Waals surface area (Å²) in [5.41, 5.74) is 2.97. The number of aryl methyl sites for hydroxylation is 2. The number of amides is 1. The van der Waals surface area contributed by atoms with Crippen LogP contribution < -0.4 is 4.74 Å². The molecule has 2 aromatic rings. The van der Waals surface area contributed by atoms with Gasteiger partial charge >= 0.3 is 0 Å². The van der Waals surface area contributed by atoms with Gasteiger partial charge in [-0.25, -0.2) is 8.42 Å². The molecule has 4 rings (SSSR count). The lowest BCUT2D eigenvalue weighted by Gasteiger charge is -2.32. The molecule has 1 amide bonds. The highest BCUT2D eigenvalue weighted by Crippen LogP contribution is 2.27. The lowest BCUT2D eigenvalue weighted by Crippen LogP contribution is -2.41. The molecular formula is C27H36N2O4S. The number of carbonyl (C=O) groups is 1. The van der Waals surface area contributed by atoms with E-state index in [-0.39, 0.29) is 22.9 Å². The molecule has 1 heterocycles. The van der Waals surface area contributed by atoms with E-state index >= 15 is 0 Å². The van der Waals surface area contributed by atoms with Crippen LogP contribution in [-0.4, -0.2) is 55.8 Å². The van der Waals surface area contributed by atoms with Crippen molar-refractivity contribution in [3.8, 4) is 5.75 Å². The minimum atomic E-state index is -3.56. The predicted molar refractivity (Wildman–Crippen MR) is 134 cm³/mol. The van der Waals surface area contributed by atoms with Gasteiger partial charge in [-0.05, 0) is 74.2 Å². The molecule has 7 heteroatoms. The summed E-state index contributed by atoms with van der Waals surface area (Å²) >= 11 is 0. The van der Waals surface area contributed by atoms with Gasteiger partial charge in [0.15, 0.2) is 0 Å². The number of rotatable bonds is 6. The standard InChI is InChI=1S/C27H36N2O4S/c1-20-9-12-25(19-21(20)2)33-24-15-17-29(18-16-24)27(30)22-10-13-26(14-11-22)34(31,32)28(3)23-7-5-4-6-8-23/h9-14,19,23-24H,4-8,15-18H2,1-3H3. The van der Waals surface area contributed by atoms with Crippen LogP contribution in [0.2, 0.25) is 0 Å². The maximum atomic E-state index is 13.1. The zero-order valence-corrected chi connectivity index (χ0v) is 21.3. The Kier molecular flexibility index (Phi) is 7.63. The van der Waals surface area contributed by atoms with Crippen molar-refractivity contribution < 1.29 is 17.9 Å². The number of likely N-dealkylation sites (tertiary alicyclic amines) is 1. The van der Waals surface area contributed by atoms with Crippen molar-refractivity contribution in [2.45, 2.75) is 75.8 Å². The first-order chi connectivity index (χ1) is 16.3. The second-order valence-electron chi connectivity index (χ2n) is 9.69. The van der Waals surface area contributed by atoms with Crippen LogP contribution in [-0.2, 0) is 10.0 Å². The minimum absolute atomic E-state index is 0.0609. The van der Waals surface area contributed by atoms with Gasteiger partial charge in [0.1, 0.15) is 11.9 Å². The summed E-state index contributed by atoms with van der Waals surface area (Å²) in [4.78, 5) is 15.1. The summed E-state index contributed by atoms with van der Waals surface area (Å²) in [5.74, 6) is 0.817. The highest BCUT2D eigenvalue weighted by atomic mass is 32.2. The smallest absolute Gasteiger partial charge is 0.253 e. The normalized spacial score (nSPS) is 18.3. The van der Waals surface area contributed by atoms with Gasteiger partial charge in [0.2, 0.25) is 10.0 Å². The third-order valence-electron chi connectivity index (χ3n) is 7.38. The molecule has 0 unspecified atom stereocenters. The SMILES string of the molecule is Cc1ccc(OC2CCN(C(=O)c3ccc(S(=O)(=O)N(C)C4CCCCC4)cc3)CC2)cc1C. The van der Waals surface area contributed by atoms with E-state index in [0.29, 0.717) is 18.7 Å². The van der Waals surface area contributed by atoms with Gasteiger partial charge in [-0.15, -0.1) is 0 Å². The first-order valence-corrected chi connectivity index (χ1v) is 13.8. The molecule has 0 radical (unpaired) electrons. The van der Waals surface area contributed by atoms with E-state index in [1.54, 1.807) is 31.3 Å². The molecule has 0 bridgehead atoms. The van der Waals surface area contributed by atoms with Gasteiger partial charge in [0.25, 0.3) is 5.91 Å². The Bertz CT molecular complexity index is 1100. The Morgan fingerprint density at radius 3 is 2.18 bits per heavy atom. The Morgan fingerprint density at radius 2 is 1.56 bits per heavy atom. The zero-order chi connectivity index (χ0) is 24.3.